The Labute approximate surface area is 267 Å². The van der Waals surface area contributed by atoms with E-state index in [4.69, 9.17) is 28.9 Å². The van der Waals surface area contributed by atoms with Crippen molar-refractivity contribution >= 4 is 40.5 Å². The number of halogens is 2. The Kier molecular flexibility index (Phi) is 10.2. The highest BCUT2D eigenvalue weighted by molar-refractivity contribution is 6.22. The minimum atomic E-state index is -0.445. The van der Waals surface area contributed by atoms with Crippen LogP contribution in [0.3, 0.4) is 0 Å². The SMILES string of the molecule is CC(c1ccc(C(N)=O)cc1C(C)C(Cl)c1ccccc1N1CCN(C)CC1)C(Cl)c1ccccc1N1CCN(C)CC1. The lowest BCUT2D eigenvalue weighted by Gasteiger charge is -2.37. The van der Waals surface area contributed by atoms with Gasteiger partial charge in [-0.1, -0.05) is 56.3 Å². The summed E-state index contributed by atoms with van der Waals surface area (Å²) in [5, 5.41) is -0.580. The van der Waals surface area contributed by atoms with E-state index in [2.05, 4.69) is 96.1 Å². The van der Waals surface area contributed by atoms with Crippen molar-refractivity contribution in [3.8, 4) is 0 Å². The van der Waals surface area contributed by atoms with E-state index in [0.29, 0.717) is 5.56 Å². The van der Waals surface area contributed by atoms with Crippen molar-refractivity contribution in [2.24, 2.45) is 5.73 Å². The van der Waals surface area contributed by atoms with Crippen LogP contribution in [-0.4, -0.2) is 82.2 Å². The van der Waals surface area contributed by atoms with E-state index in [-0.39, 0.29) is 22.6 Å². The van der Waals surface area contributed by atoms with Gasteiger partial charge in [-0.15, -0.1) is 23.2 Å². The molecule has 0 bridgehead atoms. The van der Waals surface area contributed by atoms with Gasteiger partial charge in [0.2, 0.25) is 5.91 Å². The van der Waals surface area contributed by atoms with Crippen molar-refractivity contribution in [3.05, 3.63) is 94.5 Å². The lowest BCUT2D eigenvalue weighted by Crippen LogP contribution is -2.44. The van der Waals surface area contributed by atoms with Gasteiger partial charge in [-0.05, 0) is 60.6 Å². The lowest BCUT2D eigenvalue weighted by molar-refractivity contribution is 0.1000. The highest BCUT2D eigenvalue weighted by Gasteiger charge is 2.31. The number of benzene rings is 3. The molecule has 8 heteroatoms. The van der Waals surface area contributed by atoms with Crippen LogP contribution >= 0.6 is 23.2 Å². The van der Waals surface area contributed by atoms with Gasteiger partial charge < -0.3 is 25.3 Å². The molecule has 0 aliphatic carbocycles. The summed E-state index contributed by atoms with van der Waals surface area (Å²) < 4.78 is 0. The number of primary amides is 1. The van der Waals surface area contributed by atoms with E-state index in [9.17, 15) is 4.79 Å². The van der Waals surface area contributed by atoms with Gasteiger partial charge in [0.25, 0.3) is 0 Å². The number of para-hydroxylation sites is 2. The third kappa shape index (κ3) is 6.99. The molecular formula is C35H45Cl2N5O. The van der Waals surface area contributed by atoms with Crippen molar-refractivity contribution in [2.75, 3.05) is 76.3 Å². The van der Waals surface area contributed by atoms with Crippen LogP contribution in [0.5, 0.6) is 0 Å². The Morgan fingerprint density at radius 1 is 0.628 bits per heavy atom. The summed E-state index contributed by atoms with van der Waals surface area (Å²) in [4.78, 5) is 21.9. The number of anilines is 2. The highest BCUT2D eigenvalue weighted by atomic mass is 35.5. The van der Waals surface area contributed by atoms with Gasteiger partial charge in [0.05, 0.1) is 10.8 Å². The van der Waals surface area contributed by atoms with E-state index in [1.54, 1.807) is 0 Å². The number of carbonyl (C=O) groups excluding carboxylic acids is 1. The number of likely N-dealkylation sites (N-methyl/N-ethyl adjacent to an activating group) is 2. The zero-order valence-corrected chi connectivity index (χ0v) is 27.4. The van der Waals surface area contributed by atoms with Crippen LogP contribution in [0.4, 0.5) is 11.4 Å². The van der Waals surface area contributed by atoms with Crippen LogP contribution in [0.25, 0.3) is 0 Å². The maximum atomic E-state index is 12.3. The topological polar surface area (TPSA) is 56.1 Å². The number of piperazine rings is 2. The van der Waals surface area contributed by atoms with Crippen molar-refractivity contribution in [2.45, 2.75) is 36.4 Å². The molecule has 0 aromatic heterocycles. The standard InChI is InChI=1S/C35H45Cl2N5O/c1-24(33(36)28-9-5-7-11-31(28)41-19-15-39(3)16-20-41)27-14-13-26(35(38)43)23-30(27)25(2)34(37)29-10-6-8-12-32(29)42-21-17-40(4)18-22-42/h5-14,23-25,33-34H,15-22H2,1-4H3,(H2,38,43). The molecule has 6 nitrogen and oxygen atoms in total. The monoisotopic (exact) mass is 621 g/mol. The van der Waals surface area contributed by atoms with Crippen LogP contribution in [0.15, 0.2) is 66.7 Å². The number of nitrogens with two attached hydrogens (primary N) is 1. The Balaban J connectivity index is 1.48. The number of nitrogens with zero attached hydrogens (tertiary/aromatic N) is 4. The van der Waals surface area contributed by atoms with Crippen LogP contribution in [0.2, 0.25) is 0 Å². The molecule has 2 aliphatic heterocycles. The molecule has 1 amide bonds. The zero-order chi connectivity index (χ0) is 30.7. The maximum absolute atomic E-state index is 12.3. The number of hydrogen-bond acceptors (Lipinski definition) is 5. The second kappa shape index (κ2) is 13.9. The largest absolute Gasteiger partial charge is 0.369 e. The Bertz CT molecular complexity index is 1400. The average Bonchev–Trinajstić information content (AvgIpc) is 3.04. The van der Waals surface area contributed by atoms with Crippen molar-refractivity contribution < 1.29 is 4.79 Å². The Morgan fingerprint density at radius 2 is 1.05 bits per heavy atom. The summed E-state index contributed by atoms with van der Waals surface area (Å²) in [5.41, 5.74) is 13.0. The van der Waals surface area contributed by atoms with Gasteiger partial charge in [-0.25, -0.2) is 0 Å². The van der Waals surface area contributed by atoms with Crippen molar-refractivity contribution in [3.63, 3.8) is 0 Å². The van der Waals surface area contributed by atoms with Gasteiger partial charge in [0.1, 0.15) is 0 Å². The van der Waals surface area contributed by atoms with E-state index in [1.807, 2.05) is 18.2 Å². The smallest absolute Gasteiger partial charge is 0.248 e. The first-order valence-electron chi connectivity index (χ1n) is 15.4. The fourth-order valence-corrected chi connectivity index (χ4v) is 7.14. The second-order valence-corrected chi connectivity index (χ2v) is 13.2. The van der Waals surface area contributed by atoms with E-state index < -0.39 is 5.91 Å². The predicted molar refractivity (Wildman–Crippen MR) is 181 cm³/mol. The van der Waals surface area contributed by atoms with E-state index in [1.165, 1.54) is 11.4 Å². The number of rotatable bonds is 9. The van der Waals surface area contributed by atoms with Gasteiger partial charge >= 0.3 is 0 Å². The van der Waals surface area contributed by atoms with Gasteiger partial charge in [0.15, 0.2) is 0 Å². The molecule has 4 unspecified atom stereocenters. The number of hydrogen-bond donors (Lipinski definition) is 1. The number of alkyl halides is 2. The molecule has 4 atom stereocenters. The molecular weight excluding hydrogens is 577 g/mol. The van der Waals surface area contributed by atoms with Crippen molar-refractivity contribution in [1.82, 2.24) is 9.80 Å². The number of amides is 1. The molecule has 2 fully saturated rings. The summed E-state index contributed by atoms with van der Waals surface area (Å²) in [5.74, 6) is -0.574. The van der Waals surface area contributed by atoms with E-state index in [0.717, 1.165) is 74.6 Å². The van der Waals surface area contributed by atoms with Crippen LogP contribution in [0, 0.1) is 0 Å². The summed E-state index contributed by atoms with van der Waals surface area (Å²) >= 11 is 14.8. The zero-order valence-electron chi connectivity index (χ0n) is 25.8. The molecule has 2 N–H and O–H groups in total. The average molecular weight is 623 g/mol. The first-order chi connectivity index (χ1) is 20.7. The number of carbonyl (C=O) groups is 1. The predicted octanol–water partition coefficient (Wildman–Crippen LogP) is 6.46. The van der Waals surface area contributed by atoms with Crippen molar-refractivity contribution in [1.29, 1.82) is 0 Å². The lowest BCUT2D eigenvalue weighted by atomic mass is 9.81. The summed E-state index contributed by atoms with van der Waals surface area (Å²) in [6.45, 7) is 12.3. The minimum Gasteiger partial charge on any atom is -0.369 e. The second-order valence-electron chi connectivity index (χ2n) is 12.3. The first-order valence-corrected chi connectivity index (χ1v) is 16.3. The molecule has 43 heavy (non-hydrogen) atoms. The maximum Gasteiger partial charge on any atom is 0.248 e. The molecule has 2 aliphatic rings. The molecule has 230 valence electrons. The van der Waals surface area contributed by atoms with Crippen LogP contribution in [-0.2, 0) is 0 Å². The first kappa shape index (κ1) is 31.6. The summed E-state index contributed by atoms with van der Waals surface area (Å²) in [6.07, 6.45) is 0. The van der Waals surface area contributed by atoms with Gasteiger partial charge in [-0.2, -0.15) is 0 Å². The van der Waals surface area contributed by atoms with Crippen LogP contribution in [0.1, 0.15) is 69.0 Å². The summed E-state index contributed by atoms with van der Waals surface area (Å²) in [6, 6.07) is 22.7. The molecule has 0 radical (unpaired) electrons. The molecule has 5 rings (SSSR count). The third-order valence-corrected chi connectivity index (χ3v) is 10.6. The minimum absolute atomic E-state index is 0.0357. The molecule has 2 heterocycles. The van der Waals surface area contributed by atoms with E-state index >= 15 is 0 Å². The highest BCUT2D eigenvalue weighted by Crippen LogP contribution is 2.47. The fraction of sp³-hybridized carbons (Fsp3) is 0.457. The third-order valence-electron chi connectivity index (χ3n) is 9.39. The summed E-state index contributed by atoms with van der Waals surface area (Å²) in [7, 11) is 4.33. The van der Waals surface area contributed by atoms with Gasteiger partial charge in [0, 0.05) is 81.1 Å². The molecule has 3 aromatic carbocycles. The Morgan fingerprint density at radius 3 is 1.49 bits per heavy atom. The Hall–Kier alpha value is -2.77. The quantitative estimate of drug-likeness (QED) is 0.278. The normalized spacial score (nSPS) is 19.6. The molecule has 3 aromatic rings. The molecule has 0 spiro atoms. The molecule has 0 saturated carbocycles. The van der Waals surface area contributed by atoms with Gasteiger partial charge in [-0.3, -0.25) is 4.79 Å². The van der Waals surface area contributed by atoms with Crippen LogP contribution < -0.4 is 15.5 Å². The molecule has 2 saturated heterocycles. The fourth-order valence-electron chi connectivity index (χ4n) is 6.50.